The molecule has 0 aliphatic carbocycles. The number of nitrogens with two attached hydrogens (primary N) is 1. The first-order valence-electron chi connectivity index (χ1n) is 4.79. The highest BCUT2D eigenvalue weighted by molar-refractivity contribution is 6.02. The summed E-state index contributed by atoms with van der Waals surface area (Å²) in [4.78, 5) is 21.6. The van der Waals surface area contributed by atoms with Crippen molar-refractivity contribution < 1.29 is 19.8 Å². The fourth-order valence-corrected chi connectivity index (χ4v) is 1.63. The van der Waals surface area contributed by atoms with Gasteiger partial charge in [-0.15, -0.1) is 0 Å². The quantitative estimate of drug-likeness (QED) is 0.684. The van der Waals surface area contributed by atoms with E-state index in [1.165, 1.54) is 24.3 Å². The number of carboxylic acid groups (broad SMARTS) is 2. The second-order valence-corrected chi connectivity index (χ2v) is 3.61. The van der Waals surface area contributed by atoms with E-state index < -0.39 is 11.9 Å². The van der Waals surface area contributed by atoms with E-state index in [-0.39, 0.29) is 16.8 Å². The summed E-state index contributed by atoms with van der Waals surface area (Å²) in [6.45, 7) is 0. The molecule has 0 radical (unpaired) electrons. The molecule has 0 aliphatic rings. The molecule has 0 unspecified atom stereocenters. The van der Waals surface area contributed by atoms with E-state index in [1.807, 2.05) is 0 Å². The molecule has 0 fully saturated rings. The number of nitrogen functional groups attached to an aromatic ring is 1. The van der Waals surface area contributed by atoms with E-state index in [4.69, 9.17) is 15.9 Å². The average molecular weight is 231 g/mol. The molecule has 0 bridgehead atoms. The minimum absolute atomic E-state index is 0.0144. The lowest BCUT2D eigenvalue weighted by atomic mass is 10.0. The van der Waals surface area contributed by atoms with Crippen LogP contribution in [-0.4, -0.2) is 22.2 Å². The molecule has 5 nitrogen and oxygen atoms in total. The van der Waals surface area contributed by atoms with Gasteiger partial charge in [0.15, 0.2) is 0 Å². The Labute approximate surface area is 96.1 Å². The van der Waals surface area contributed by atoms with Gasteiger partial charge in [-0.2, -0.15) is 0 Å². The molecule has 0 amide bonds. The molecule has 0 aliphatic heterocycles. The predicted octanol–water partition coefficient (Wildman–Crippen LogP) is 1.82. The molecule has 0 spiro atoms. The number of rotatable bonds is 2. The van der Waals surface area contributed by atoms with Crippen LogP contribution in [0.2, 0.25) is 0 Å². The van der Waals surface area contributed by atoms with Gasteiger partial charge in [0.1, 0.15) is 0 Å². The van der Waals surface area contributed by atoms with Crippen molar-refractivity contribution >= 4 is 28.4 Å². The van der Waals surface area contributed by atoms with Gasteiger partial charge in [-0.1, -0.05) is 6.07 Å². The van der Waals surface area contributed by atoms with Crippen LogP contribution >= 0.6 is 0 Å². The highest BCUT2D eigenvalue weighted by Gasteiger charge is 2.10. The first kappa shape index (κ1) is 10.9. The number of carboxylic acids is 2. The van der Waals surface area contributed by atoms with Crippen LogP contribution in [0.3, 0.4) is 0 Å². The number of anilines is 1. The third-order valence-corrected chi connectivity index (χ3v) is 2.49. The molecule has 0 atom stereocenters. The molecule has 17 heavy (non-hydrogen) atoms. The molecule has 0 heterocycles. The van der Waals surface area contributed by atoms with Gasteiger partial charge < -0.3 is 15.9 Å². The van der Waals surface area contributed by atoms with Gasteiger partial charge in [0, 0.05) is 5.69 Å². The average Bonchev–Trinajstić information content (AvgIpc) is 2.26. The molecule has 2 aromatic rings. The fourth-order valence-electron chi connectivity index (χ4n) is 1.63. The maximum atomic E-state index is 10.9. The van der Waals surface area contributed by atoms with Gasteiger partial charge in [-0.25, -0.2) is 9.59 Å². The summed E-state index contributed by atoms with van der Waals surface area (Å²) in [5.74, 6) is -2.14. The third kappa shape index (κ3) is 1.90. The van der Waals surface area contributed by atoms with Crippen molar-refractivity contribution in [2.75, 3.05) is 5.73 Å². The van der Waals surface area contributed by atoms with Gasteiger partial charge in [0.05, 0.1) is 11.1 Å². The maximum absolute atomic E-state index is 10.9. The molecule has 5 heteroatoms. The second-order valence-electron chi connectivity index (χ2n) is 3.61. The summed E-state index contributed by atoms with van der Waals surface area (Å²) in [6.07, 6.45) is 0. The number of aromatic carboxylic acids is 2. The summed E-state index contributed by atoms with van der Waals surface area (Å²) >= 11 is 0. The molecule has 0 saturated heterocycles. The number of carbonyl (C=O) groups is 2. The molecular formula is C12H9NO4. The highest BCUT2D eigenvalue weighted by atomic mass is 16.4. The van der Waals surface area contributed by atoms with Crippen molar-refractivity contribution in [3.8, 4) is 0 Å². The van der Waals surface area contributed by atoms with Crippen molar-refractivity contribution in [2.45, 2.75) is 0 Å². The van der Waals surface area contributed by atoms with Crippen LogP contribution in [0.15, 0.2) is 30.3 Å². The van der Waals surface area contributed by atoms with Crippen LogP contribution in [0.4, 0.5) is 5.69 Å². The van der Waals surface area contributed by atoms with Crippen LogP contribution in [-0.2, 0) is 0 Å². The minimum Gasteiger partial charge on any atom is -0.478 e. The zero-order valence-corrected chi connectivity index (χ0v) is 8.68. The molecule has 4 N–H and O–H groups in total. The first-order valence-corrected chi connectivity index (χ1v) is 4.79. The van der Waals surface area contributed by atoms with Crippen molar-refractivity contribution in [3.05, 3.63) is 41.5 Å². The van der Waals surface area contributed by atoms with Gasteiger partial charge in [0.2, 0.25) is 0 Å². The number of hydrogen-bond donors (Lipinski definition) is 3. The van der Waals surface area contributed by atoms with E-state index >= 15 is 0 Å². The van der Waals surface area contributed by atoms with E-state index in [1.54, 1.807) is 6.07 Å². The summed E-state index contributed by atoms with van der Waals surface area (Å²) in [6, 6.07) is 7.33. The molecule has 2 rings (SSSR count). The van der Waals surface area contributed by atoms with E-state index in [0.29, 0.717) is 10.8 Å². The first-order chi connectivity index (χ1) is 7.99. The Morgan fingerprint density at radius 1 is 0.941 bits per heavy atom. The Morgan fingerprint density at radius 2 is 1.65 bits per heavy atom. The standard InChI is InChI=1S/C12H9NO4/c13-10-5-8-3-7(11(14)15)2-1-6(8)4-9(10)12(16)17/h1-5H,13H2,(H,14,15)(H,16,17). The zero-order chi connectivity index (χ0) is 12.6. The lowest BCUT2D eigenvalue weighted by Crippen LogP contribution is -2.02. The normalized spacial score (nSPS) is 10.4. The van der Waals surface area contributed by atoms with E-state index in [2.05, 4.69) is 0 Å². The van der Waals surface area contributed by atoms with Gasteiger partial charge in [-0.3, -0.25) is 0 Å². The Kier molecular flexibility index (Phi) is 2.44. The topological polar surface area (TPSA) is 101 Å². The Morgan fingerprint density at radius 3 is 2.24 bits per heavy atom. The Balaban J connectivity index is 2.70. The Bertz CT molecular complexity index is 634. The summed E-state index contributed by atoms with van der Waals surface area (Å²) < 4.78 is 0. The summed E-state index contributed by atoms with van der Waals surface area (Å²) in [7, 11) is 0. The van der Waals surface area contributed by atoms with Crippen LogP contribution in [0.1, 0.15) is 20.7 Å². The number of hydrogen-bond acceptors (Lipinski definition) is 3. The van der Waals surface area contributed by atoms with Crippen molar-refractivity contribution in [3.63, 3.8) is 0 Å². The monoisotopic (exact) mass is 231 g/mol. The highest BCUT2D eigenvalue weighted by Crippen LogP contribution is 2.23. The van der Waals surface area contributed by atoms with Crippen molar-refractivity contribution in [1.29, 1.82) is 0 Å². The minimum atomic E-state index is -1.10. The third-order valence-electron chi connectivity index (χ3n) is 2.49. The van der Waals surface area contributed by atoms with Gasteiger partial charge in [-0.05, 0) is 35.0 Å². The van der Waals surface area contributed by atoms with Crippen molar-refractivity contribution in [2.24, 2.45) is 0 Å². The smallest absolute Gasteiger partial charge is 0.337 e. The lowest BCUT2D eigenvalue weighted by Gasteiger charge is -2.05. The summed E-state index contributed by atoms with van der Waals surface area (Å²) in [5, 5.41) is 19.0. The van der Waals surface area contributed by atoms with Crippen molar-refractivity contribution in [1.82, 2.24) is 0 Å². The van der Waals surface area contributed by atoms with Gasteiger partial charge in [0.25, 0.3) is 0 Å². The van der Waals surface area contributed by atoms with Crippen LogP contribution < -0.4 is 5.73 Å². The van der Waals surface area contributed by atoms with Gasteiger partial charge >= 0.3 is 11.9 Å². The number of benzene rings is 2. The molecule has 86 valence electrons. The molecule has 0 aromatic heterocycles. The van der Waals surface area contributed by atoms with E-state index in [9.17, 15) is 9.59 Å². The number of fused-ring (bicyclic) bond motifs is 1. The SMILES string of the molecule is Nc1cc2cc(C(=O)O)ccc2cc1C(=O)O. The van der Waals surface area contributed by atoms with E-state index in [0.717, 1.165) is 0 Å². The largest absolute Gasteiger partial charge is 0.478 e. The van der Waals surface area contributed by atoms with Crippen LogP contribution in [0.25, 0.3) is 10.8 Å². The Hall–Kier alpha value is -2.56. The molecule has 0 saturated carbocycles. The van der Waals surface area contributed by atoms with Crippen LogP contribution in [0.5, 0.6) is 0 Å². The fraction of sp³-hybridized carbons (Fsp3) is 0. The zero-order valence-electron chi connectivity index (χ0n) is 8.68. The van der Waals surface area contributed by atoms with Crippen LogP contribution in [0, 0.1) is 0 Å². The summed E-state index contributed by atoms with van der Waals surface area (Å²) in [5.41, 5.74) is 5.86. The molecular weight excluding hydrogens is 222 g/mol. The predicted molar refractivity (Wildman–Crippen MR) is 62.3 cm³/mol. The maximum Gasteiger partial charge on any atom is 0.337 e. The lowest BCUT2D eigenvalue weighted by molar-refractivity contribution is 0.0686. The second kappa shape index (κ2) is 3.79. The molecule has 2 aromatic carbocycles.